The summed E-state index contributed by atoms with van der Waals surface area (Å²) in [5.41, 5.74) is 7.19. The lowest BCUT2D eigenvalue weighted by atomic mass is 10.1. The molecule has 6 heteroatoms. The van der Waals surface area contributed by atoms with Crippen molar-refractivity contribution in [2.24, 2.45) is 5.73 Å². The van der Waals surface area contributed by atoms with Gasteiger partial charge in [0, 0.05) is 18.7 Å². The number of benzene rings is 1. The third-order valence-corrected chi connectivity index (χ3v) is 3.46. The Labute approximate surface area is 123 Å². The third kappa shape index (κ3) is 4.27. The van der Waals surface area contributed by atoms with Gasteiger partial charge < -0.3 is 20.5 Å². The number of carbonyl (C=O) groups excluding carboxylic acids is 1. The Balaban J connectivity index is 1.99. The van der Waals surface area contributed by atoms with Crippen LogP contribution in [0.4, 0.5) is 0 Å². The van der Waals surface area contributed by atoms with Crippen LogP contribution in [0.5, 0.6) is 0 Å². The topological polar surface area (TPSA) is 92.9 Å². The van der Waals surface area contributed by atoms with Gasteiger partial charge in [-0.25, -0.2) is 0 Å². The summed E-state index contributed by atoms with van der Waals surface area (Å²) in [6, 6.07) is 7.37. The van der Waals surface area contributed by atoms with Crippen molar-refractivity contribution in [1.82, 2.24) is 4.90 Å². The number of ether oxygens (including phenoxy) is 1. The van der Waals surface area contributed by atoms with E-state index >= 15 is 0 Å². The highest BCUT2D eigenvalue weighted by Gasteiger charge is 2.26. The Morgan fingerprint density at radius 2 is 2.05 bits per heavy atom. The van der Waals surface area contributed by atoms with Crippen LogP contribution in [0.1, 0.15) is 22.3 Å². The lowest BCUT2D eigenvalue weighted by Crippen LogP contribution is -2.46. The molecule has 1 heterocycles. The number of hydrogen-bond donors (Lipinski definition) is 2. The smallest absolute Gasteiger partial charge is 0.306 e. The lowest BCUT2D eigenvalue weighted by Gasteiger charge is -2.32. The fourth-order valence-corrected chi connectivity index (χ4v) is 2.39. The first-order valence-electron chi connectivity index (χ1n) is 7.02. The Kier molecular flexibility index (Phi) is 5.30. The number of aliphatic carboxylic acids is 1. The molecule has 1 atom stereocenters. The zero-order valence-corrected chi connectivity index (χ0v) is 11.8. The molecule has 1 aromatic rings. The van der Waals surface area contributed by atoms with E-state index in [0.29, 0.717) is 31.8 Å². The molecule has 1 unspecified atom stereocenters. The molecule has 21 heavy (non-hydrogen) atoms. The molecule has 1 amide bonds. The summed E-state index contributed by atoms with van der Waals surface area (Å²) in [5.74, 6) is -1.01. The summed E-state index contributed by atoms with van der Waals surface area (Å²) in [6.45, 7) is 1.75. The van der Waals surface area contributed by atoms with Gasteiger partial charge in [-0.05, 0) is 30.7 Å². The second kappa shape index (κ2) is 7.19. The molecule has 0 aliphatic carbocycles. The van der Waals surface area contributed by atoms with Crippen molar-refractivity contribution in [1.29, 1.82) is 0 Å². The first kappa shape index (κ1) is 15.5. The maximum atomic E-state index is 12.4. The second-order valence-corrected chi connectivity index (χ2v) is 5.08. The van der Waals surface area contributed by atoms with Crippen LogP contribution in [-0.2, 0) is 16.0 Å². The number of rotatable bonds is 5. The quantitative estimate of drug-likeness (QED) is 0.824. The van der Waals surface area contributed by atoms with E-state index in [2.05, 4.69) is 0 Å². The number of carboxylic acid groups (broad SMARTS) is 1. The van der Waals surface area contributed by atoms with Gasteiger partial charge >= 0.3 is 5.97 Å². The molecule has 3 N–H and O–H groups in total. The third-order valence-electron chi connectivity index (χ3n) is 3.46. The van der Waals surface area contributed by atoms with Crippen LogP contribution in [0.25, 0.3) is 0 Å². The van der Waals surface area contributed by atoms with Crippen molar-refractivity contribution in [2.75, 3.05) is 26.2 Å². The number of nitrogens with two attached hydrogens (primary N) is 1. The molecule has 0 spiro atoms. The van der Waals surface area contributed by atoms with Gasteiger partial charge in [0.15, 0.2) is 0 Å². The molecule has 0 bridgehead atoms. The lowest BCUT2D eigenvalue weighted by molar-refractivity contribution is -0.141. The Morgan fingerprint density at radius 3 is 2.67 bits per heavy atom. The predicted molar refractivity (Wildman–Crippen MR) is 77.1 cm³/mol. The summed E-state index contributed by atoms with van der Waals surface area (Å²) >= 11 is 0. The first-order chi connectivity index (χ1) is 10.1. The summed E-state index contributed by atoms with van der Waals surface area (Å²) in [7, 11) is 0. The van der Waals surface area contributed by atoms with Gasteiger partial charge in [0.1, 0.15) is 0 Å². The monoisotopic (exact) mass is 292 g/mol. The average Bonchev–Trinajstić information content (AvgIpc) is 2.47. The van der Waals surface area contributed by atoms with Crippen LogP contribution in [-0.4, -0.2) is 54.2 Å². The van der Waals surface area contributed by atoms with Crippen LogP contribution in [0, 0.1) is 0 Å². The first-order valence-corrected chi connectivity index (χ1v) is 7.02. The number of nitrogens with zero attached hydrogens (tertiary/aromatic N) is 1. The fourth-order valence-electron chi connectivity index (χ4n) is 2.39. The minimum absolute atomic E-state index is 0.0841. The van der Waals surface area contributed by atoms with Crippen LogP contribution >= 0.6 is 0 Å². The van der Waals surface area contributed by atoms with Gasteiger partial charge in [0.2, 0.25) is 0 Å². The number of morpholine rings is 1. The number of carboxylic acids is 1. The summed E-state index contributed by atoms with van der Waals surface area (Å²) < 4.78 is 5.37. The maximum absolute atomic E-state index is 12.4. The summed E-state index contributed by atoms with van der Waals surface area (Å²) in [6.07, 6.45) is 0.267. The van der Waals surface area contributed by atoms with E-state index in [1.54, 1.807) is 17.0 Å². The van der Waals surface area contributed by atoms with Crippen LogP contribution < -0.4 is 5.73 Å². The fraction of sp³-hybridized carbons (Fsp3) is 0.467. The van der Waals surface area contributed by atoms with Crippen LogP contribution in [0.3, 0.4) is 0 Å². The highest BCUT2D eigenvalue weighted by atomic mass is 16.5. The van der Waals surface area contributed by atoms with Crippen molar-refractivity contribution in [3.05, 3.63) is 35.4 Å². The van der Waals surface area contributed by atoms with Gasteiger partial charge in [-0.2, -0.15) is 0 Å². The highest BCUT2D eigenvalue weighted by molar-refractivity contribution is 5.94. The average molecular weight is 292 g/mol. The highest BCUT2D eigenvalue weighted by Crippen LogP contribution is 2.13. The Hall–Kier alpha value is -1.92. The van der Waals surface area contributed by atoms with Crippen molar-refractivity contribution in [2.45, 2.75) is 18.9 Å². The van der Waals surface area contributed by atoms with E-state index in [-0.39, 0.29) is 12.3 Å². The summed E-state index contributed by atoms with van der Waals surface area (Å²) in [4.78, 5) is 24.8. The Morgan fingerprint density at radius 1 is 1.33 bits per heavy atom. The van der Waals surface area contributed by atoms with Gasteiger partial charge in [-0.1, -0.05) is 12.1 Å². The zero-order valence-electron chi connectivity index (χ0n) is 11.8. The SMILES string of the molecule is NCCc1ccc(C(=O)N2CCOC(CC(=O)O)C2)cc1. The molecule has 1 aromatic carbocycles. The predicted octanol–water partition coefficient (Wildman–Crippen LogP) is 0.504. The minimum Gasteiger partial charge on any atom is -0.481 e. The van der Waals surface area contributed by atoms with E-state index in [1.165, 1.54) is 0 Å². The zero-order chi connectivity index (χ0) is 15.2. The van der Waals surface area contributed by atoms with Crippen molar-refractivity contribution in [3.63, 3.8) is 0 Å². The molecule has 0 saturated carbocycles. The number of hydrogen-bond acceptors (Lipinski definition) is 4. The minimum atomic E-state index is -0.916. The molecule has 0 aromatic heterocycles. The van der Waals surface area contributed by atoms with Crippen LogP contribution in [0.15, 0.2) is 24.3 Å². The van der Waals surface area contributed by atoms with Gasteiger partial charge in [0.25, 0.3) is 5.91 Å². The molecule has 2 rings (SSSR count). The van der Waals surface area contributed by atoms with E-state index in [4.69, 9.17) is 15.6 Å². The maximum Gasteiger partial charge on any atom is 0.306 e. The van der Waals surface area contributed by atoms with Crippen LogP contribution in [0.2, 0.25) is 0 Å². The van der Waals surface area contributed by atoms with Crippen molar-refractivity contribution < 1.29 is 19.4 Å². The van der Waals surface area contributed by atoms with E-state index in [1.807, 2.05) is 12.1 Å². The number of amides is 1. The standard InChI is InChI=1S/C15H20N2O4/c16-6-5-11-1-3-12(4-2-11)15(20)17-7-8-21-13(10-17)9-14(18)19/h1-4,13H,5-10,16H2,(H,18,19). The largest absolute Gasteiger partial charge is 0.481 e. The molecule has 6 nitrogen and oxygen atoms in total. The molecular weight excluding hydrogens is 272 g/mol. The second-order valence-electron chi connectivity index (χ2n) is 5.08. The van der Waals surface area contributed by atoms with E-state index in [9.17, 15) is 9.59 Å². The van der Waals surface area contributed by atoms with Crippen molar-refractivity contribution >= 4 is 11.9 Å². The molecule has 1 aliphatic rings. The van der Waals surface area contributed by atoms with E-state index < -0.39 is 12.1 Å². The summed E-state index contributed by atoms with van der Waals surface area (Å²) in [5, 5.41) is 8.80. The molecular formula is C15H20N2O4. The molecule has 0 radical (unpaired) electrons. The number of carbonyl (C=O) groups is 2. The van der Waals surface area contributed by atoms with Gasteiger partial charge in [0.05, 0.1) is 19.1 Å². The molecule has 114 valence electrons. The Bertz CT molecular complexity index is 501. The van der Waals surface area contributed by atoms with Crippen molar-refractivity contribution in [3.8, 4) is 0 Å². The molecule has 1 saturated heterocycles. The normalized spacial score (nSPS) is 18.5. The molecule has 1 fully saturated rings. The molecule has 1 aliphatic heterocycles. The van der Waals surface area contributed by atoms with Gasteiger partial charge in [-0.15, -0.1) is 0 Å². The van der Waals surface area contributed by atoms with Gasteiger partial charge in [-0.3, -0.25) is 9.59 Å². The van der Waals surface area contributed by atoms with E-state index in [0.717, 1.165) is 12.0 Å².